The van der Waals surface area contributed by atoms with Gasteiger partial charge in [0.05, 0.1) is 0 Å². The van der Waals surface area contributed by atoms with E-state index in [2.05, 4.69) is 25.1 Å². The van der Waals surface area contributed by atoms with E-state index in [1.165, 1.54) is 5.56 Å². The molecule has 1 aliphatic carbocycles. The fraction of sp³-hybridized carbons (Fsp3) is 0.214. The first-order valence-corrected chi connectivity index (χ1v) is 5.36. The second-order valence-electron chi connectivity index (χ2n) is 4.34. The highest BCUT2D eigenvalue weighted by atomic mass is 16.1. The number of rotatable bonds is 2. The Morgan fingerprint density at radius 3 is 2.50 bits per heavy atom. The van der Waals surface area contributed by atoms with E-state index >= 15 is 0 Å². The molecule has 1 atom stereocenters. The van der Waals surface area contributed by atoms with E-state index in [9.17, 15) is 4.79 Å². The molecule has 16 heavy (non-hydrogen) atoms. The second-order valence-corrected chi connectivity index (χ2v) is 4.34. The second kappa shape index (κ2) is 3.97. The lowest BCUT2D eigenvalue weighted by Crippen LogP contribution is -2.23. The maximum absolute atomic E-state index is 11.0. The van der Waals surface area contributed by atoms with E-state index in [1.807, 2.05) is 30.4 Å². The Bertz CT molecular complexity index is 459. The molecular formula is C14H15NO. The van der Waals surface area contributed by atoms with Crippen molar-refractivity contribution in [1.82, 2.24) is 0 Å². The van der Waals surface area contributed by atoms with Gasteiger partial charge in [0.25, 0.3) is 0 Å². The van der Waals surface area contributed by atoms with E-state index in [1.54, 1.807) is 0 Å². The van der Waals surface area contributed by atoms with Crippen LogP contribution < -0.4 is 5.73 Å². The Morgan fingerprint density at radius 1 is 1.31 bits per heavy atom. The van der Waals surface area contributed by atoms with Crippen molar-refractivity contribution in [3.63, 3.8) is 0 Å². The standard InChI is InChI=1S/C14H15NO/c1-14(12-5-3-2-4-6-12)9-7-11(8-10-14)13(15)16/h2-9H,10H2,1H3,(H2,15,16). The quantitative estimate of drug-likeness (QED) is 0.805. The number of benzene rings is 1. The lowest BCUT2D eigenvalue weighted by molar-refractivity contribution is -0.114. The normalized spacial score (nSPS) is 23.9. The Morgan fingerprint density at radius 2 is 2.00 bits per heavy atom. The van der Waals surface area contributed by atoms with Gasteiger partial charge in [-0.1, -0.05) is 55.5 Å². The summed E-state index contributed by atoms with van der Waals surface area (Å²) in [5.41, 5.74) is 7.07. The fourth-order valence-corrected chi connectivity index (χ4v) is 1.95. The van der Waals surface area contributed by atoms with Crippen LogP contribution in [-0.4, -0.2) is 5.91 Å². The molecule has 1 aromatic rings. The summed E-state index contributed by atoms with van der Waals surface area (Å²) in [5.74, 6) is -0.355. The SMILES string of the molecule is CC1(c2ccccc2)C=CC(C(N)=O)=CC1. The number of hydrogen-bond acceptors (Lipinski definition) is 1. The van der Waals surface area contributed by atoms with Gasteiger partial charge in [0.1, 0.15) is 0 Å². The van der Waals surface area contributed by atoms with Crippen LogP contribution in [0.4, 0.5) is 0 Å². The Hall–Kier alpha value is -1.83. The first-order chi connectivity index (χ1) is 7.62. The van der Waals surface area contributed by atoms with Crippen LogP contribution >= 0.6 is 0 Å². The van der Waals surface area contributed by atoms with Crippen LogP contribution in [0.3, 0.4) is 0 Å². The number of hydrogen-bond donors (Lipinski definition) is 1. The molecule has 1 unspecified atom stereocenters. The van der Waals surface area contributed by atoms with E-state index in [0.29, 0.717) is 5.57 Å². The first kappa shape index (κ1) is 10.7. The average Bonchev–Trinajstić information content (AvgIpc) is 2.31. The van der Waals surface area contributed by atoms with Gasteiger partial charge < -0.3 is 5.73 Å². The summed E-state index contributed by atoms with van der Waals surface area (Å²) in [7, 11) is 0. The number of carbonyl (C=O) groups is 1. The van der Waals surface area contributed by atoms with E-state index in [-0.39, 0.29) is 11.3 Å². The Balaban J connectivity index is 2.27. The third kappa shape index (κ3) is 1.91. The van der Waals surface area contributed by atoms with Crippen LogP contribution in [0.1, 0.15) is 18.9 Å². The lowest BCUT2D eigenvalue weighted by Gasteiger charge is -2.28. The summed E-state index contributed by atoms with van der Waals surface area (Å²) in [6.07, 6.45) is 6.60. The minimum atomic E-state index is -0.355. The summed E-state index contributed by atoms with van der Waals surface area (Å²) in [4.78, 5) is 11.0. The van der Waals surface area contributed by atoms with Gasteiger partial charge in [0, 0.05) is 11.0 Å². The third-order valence-corrected chi connectivity index (χ3v) is 3.09. The zero-order valence-electron chi connectivity index (χ0n) is 9.31. The van der Waals surface area contributed by atoms with Gasteiger partial charge in [-0.15, -0.1) is 0 Å². The number of carbonyl (C=O) groups excluding carboxylic acids is 1. The van der Waals surface area contributed by atoms with Crippen molar-refractivity contribution in [3.05, 3.63) is 59.7 Å². The summed E-state index contributed by atoms with van der Waals surface area (Å²) in [6.45, 7) is 2.16. The summed E-state index contributed by atoms with van der Waals surface area (Å²) >= 11 is 0. The van der Waals surface area contributed by atoms with Gasteiger partial charge in [0.2, 0.25) is 5.91 Å². The molecule has 0 spiro atoms. The van der Waals surface area contributed by atoms with Crippen LogP contribution in [0, 0.1) is 0 Å². The van der Waals surface area contributed by atoms with Crippen molar-refractivity contribution in [2.24, 2.45) is 5.73 Å². The van der Waals surface area contributed by atoms with Crippen molar-refractivity contribution in [1.29, 1.82) is 0 Å². The topological polar surface area (TPSA) is 43.1 Å². The number of primary amides is 1. The van der Waals surface area contributed by atoms with Gasteiger partial charge in [-0.25, -0.2) is 0 Å². The highest BCUT2D eigenvalue weighted by Crippen LogP contribution is 2.33. The number of amides is 1. The molecule has 2 nitrogen and oxygen atoms in total. The van der Waals surface area contributed by atoms with Crippen molar-refractivity contribution < 1.29 is 4.79 Å². The molecule has 82 valence electrons. The predicted molar refractivity (Wildman–Crippen MR) is 64.8 cm³/mol. The first-order valence-electron chi connectivity index (χ1n) is 5.36. The largest absolute Gasteiger partial charge is 0.366 e. The van der Waals surface area contributed by atoms with Gasteiger partial charge in [0.15, 0.2) is 0 Å². The minimum Gasteiger partial charge on any atom is -0.366 e. The molecule has 2 N–H and O–H groups in total. The van der Waals surface area contributed by atoms with E-state index in [0.717, 1.165) is 6.42 Å². The monoisotopic (exact) mass is 213 g/mol. The molecule has 0 aromatic heterocycles. The molecule has 2 heteroatoms. The van der Waals surface area contributed by atoms with Crippen LogP contribution in [0.2, 0.25) is 0 Å². The van der Waals surface area contributed by atoms with Crippen molar-refractivity contribution in [2.75, 3.05) is 0 Å². The van der Waals surface area contributed by atoms with E-state index in [4.69, 9.17) is 5.73 Å². The maximum Gasteiger partial charge on any atom is 0.248 e. The molecule has 0 fully saturated rings. The molecule has 0 saturated heterocycles. The van der Waals surface area contributed by atoms with E-state index < -0.39 is 0 Å². The van der Waals surface area contributed by atoms with Crippen LogP contribution in [-0.2, 0) is 10.2 Å². The van der Waals surface area contributed by atoms with Gasteiger partial charge in [-0.2, -0.15) is 0 Å². The van der Waals surface area contributed by atoms with Gasteiger partial charge >= 0.3 is 0 Å². The molecule has 1 aromatic carbocycles. The Kier molecular flexibility index (Phi) is 2.65. The summed E-state index contributed by atoms with van der Waals surface area (Å²) < 4.78 is 0. The van der Waals surface area contributed by atoms with Crippen molar-refractivity contribution in [2.45, 2.75) is 18.8 Å². The van der Waals surface area contributed by atoms with Gasteiger partial charge in [-0.05, 0) is 12.0 Å². The number of nitrogens with two attached hydrogens (primary N) is 1. The molecule has 2 rings (SSSR count). The van der Waals surface area contributed by atoms with Crippen LogP contribution in [0.25, 0.3) is 0 Å². The predicted octanol–water partition coefficient (Wildman–Crippen LogP) is 2.32. The minimum absolute atomic E-state index is 0.0276. The molecule has 1 aliphatic rings. The highest BCUT2D eigenvalue weighted by molar-refractivity contribution is 5.95. The van der Waals surface area contributed by atoms with Crippen LogP contribution in [0.5, 0.6) is 0 Å². The average molecular weight is 213 g/mol. The molecular weight excluding hydrogens is 198 g/mol. The zero-order chi connectivity index (χ0) is 11.6. The smallest absolute Gasteiger partial charge is 0.248 e. The van der Waals surface area contributed by atoms with Crippen LogP contribution in [0.15, 0.2) is 54.1 Å². The summed E-state index contributed by atoms with van der Waals surface area (Å²) in [5, 5.41) is 0. The molecule has 0 bridgehead atoms. The Labute approximate surface area is 95.5 Å². The molecule has 0 saturated carbocycles. The highest BCUT2D eigenvalue weighted by Gasteiger charge is 2.25. The number of allylic oxidation sites excluding steroid dienone is 2. The van der Waals surface area contributed by atoms with Crippen molar-refractivity contribution >= 4 is 5.91 Å². The molecule has 0 heterocycles. The molecule has 0 aliphatic heterocycles. The maximum atomic E-state index is 11.0. The lowest BCUT2D eigenvalue weighted by atomic mass is 9.76. The summed E-state index contributed by atoms with van der Waals surface area (Å²) in [6, 6.07) is 10.3. The fourth-order valence-electron chi connectivity index (χ4n) is 1.95. The zero-order valence-corrected chi connectivity index (χ0v) is 9.31. The third-order valence-electron chi connectivity index (χ3n) is 3.09. The molecule has 0 radical (unpaired) electrons. The molecule has 1 amide bonds. The van der Waals surface area contributed by atoms with Gasteiger partial charge in [-0.3, -0.25) is 4.79 Å². The van der Waals surface area contributed by atoms with Crippen molar-refractivity contribution in [3.8, 4) is 0 Å².